The first-order valence-electron chi connectivity index (χ1n) is 16.0. The molecule has 44 heavy (non-hydrogen) atoms. The molecule has 0 amide bonds. The van der Waals surface area contributed by atoms with Crippen molar-refractivity contribution >= 4 is 72.5 Å². The molecule has 0 unspecified atom stereocenters. The summed E-state index contributed by atoms with van der Waals surface area (Å²) in [5.74, 6) is 0. The van der Waals surface area contributed by atoms with Crippen molar-refractivity contribution in [2.45, 2.75) is 52.4 Å². The van der Waals surface area contributed by atoms with Crippen LogP contribution in [-0.4, -0.2) is 6.71 Å². The van der Waals surface area contributed by atoms with Crippen LogP contribution in [0, 0.1) is 0 Å². The van der Waals surface area contributed by atoms with Gasteiger partial charge in [0, 0.05) is 17.1 Å². The molecule has 9 rings (SSSR count). The second kappa shape index (κ2) is 8.54. The third-order valence-electron chi connectivity index (χ3n) is 10.3. The first-order chi connectivity index (χ1) is 21.1. The Balaban J connectivity index is 1.34. The van der Waals surface area contributed by atoms with Crippen molar-refractivity contribution in [2.24, 2.45) is 0 Å². The minimum atomic E-state index is 0.0605. The van der Waals surface area contributed by atoms with Gasteiger partial charge in [-0.2, -0.15) is 0 Å². The van der Waals surface area contributed by atoms with Crippen molar-refractivity contribution in [3.05, 3.63) is 120 Å². The van der Waals surface area contributed by atoms with Gasteiger partial charge in [0.05, 0.1) is 0 Å². The lowest BCUT2D eigenvalue weighted by Gasteiger charge is -2.37. The molecular formula is C42H36BN. The number of hydrogen-bond donors (Lipinski definition) is 0. The number of rotatable bonds is 1. The Morgan fingerprint density at radius 2 is 1.05 bits per heavy atom. The SMILES string of the molecule is CC(C)(C)c1ccc2c(c1)B1c3cc(C(C)(C)C)ccc3N(c3cc4ccc5cccc6ccc(c3)c4c56)c3cccc-2c31. The van der Waals surface area contributed by atoms with Gasteiger partial charge in [0.15, 0.2) is 0 Å². The van der Waals surface area contributed by atoms with E-state index in [1.807, 2.05) is 0 Å². The minimum Gasteiger partial charge on any atom is -0.311 e. The lowest BCUT2D eigenvalue weighted by Crippen LogP contribution is -2.55. The molecule has 0 saturated carbocycles. The highest BCUT2D eigenvalue weighted by Crippen LogP contribution is 2.44. The maximum Gasteiger partial charge on any atom is 0.248 e. The molecule has 2 aliphatic rings. The van der Waals surface area contributed by atoms with E-state index in [1.54, 1.807) is 0 Å². The van der Waals surface area contributed by atoms with Gasteiger partial charge in [0.1, 0.15) is 0 Å². The van der Waals surface area contributed by atoms with E-state index in [9.17, 15) is 0 Å². The molecule has 7 aromatic carbocycles. The number of fused-ring (bicyclic) bond motifs is 5. The Bertz CT molecular complexity index is 2250. The average Bonchev–Trinajstić information content (AvgIpc) is 3.34. The lowest BCUT2D eigenvalue weighted by molar-refractivity contribution is 0.590. The molecule has 0 bridgehead atoms. The van der Waals surface area contributed by atoms with Gasteiger partial charge in [-0.25, -0.2) is 0 Å². The van der Waals surface area contributed by atoms with Gasteiger partial charge in [-0.15, -0.1) is 0 Å². The molecule has 1 nitrogen and oxygen atoms in total. The summed E-state index contributed by atoms with van der Waals surface area (Å²) < 4.78 is 0. The molecule has 0 aliphatic carbocycles. The van der Waals surface area contributed by atoms with Crippen molar-refractivity contribution in [2.75, 3.05) is 4.90 Å². The highest BCUT2D eigenvalue weighted by molar-refractivity contribution is 7.01. The van der Waals surface area contributed by atoms with E-state index in [4.69, 9.17) is 0 Å². The Morgan fingerprint density at radius 3 is 1.70 bits per heavy atom. The van der Waals surface area contributed by atoms with E-state index in [0.29, 0.717) is 0 Å². The van der Waals surface area contributed by atoms with Crippen LogP contribution < -0.4 is 21.3 Å². The molecule has 0 aromatic heterocycles. The second-order valence-corrected chi connectivity index (χ2v) is 15.1. The van der Waals surface area contributed by atoms with Crippen molar-refractivity contribution < 1.29 is 0 Å². The smallest absolute Gasteiger partial charge is 0.248 e. The van der Waals surface area contributed by atoms with E-state index in [0.717, 1.165) is 0 Å². The maximum absolute atomic E-state index is 2.54. The van der Waals surface area contributed by atoms with E-state index >= 15 is 0 Å². The summed E-state index contributed by atoms with van der Waals surface area (Å²) >= 11 is 0. The normalized spacial score (nSPS) is 14.0. The van der Waals surface area contributed by atoms with Gasteiger partial charge in [-0.3, -0.25) is 0 Å². The van der Waals surface area contributed by atoms with E-state index in [2.05, 4.69) is 156 Å². The molecule has 2 heteroatoms. The Kier molecular flexibility index (Phi) is 5.03. The molecular weight excluding hydrogens is 529 g/mol. The van der Waals surface area contributed by atoms with Crippen molar-refractivity contribution in [3.8, 4) is 11.1 Å². The van der Waals surface area contributed by atoms with E-state index in [1.165, 1.54) is 88.0 Å². The summed E-state index contributed by atoms with van der Waals surface area (Å²) in [6, 6.07) is 42.1. The standard InChI is InChI=1S/C42H36BN/c1-41(2,3)29-17-19-32-33-11-8-12-37-40(33)43(34(32)23-29)35-24-30(42(4,5)6)18-20-36(35)44(37)31-21-27-15-13-25-9-7-10-26-14-16-28(22-31)39(27)38(25)26/h7-24H,1-6H3. The minimum absolute atomic E-state index is 0.0605. The van der Waals surface area contributed by atoms with Crippen molar-refractivity contribution in [3.63, 3.8) is 0 Å². The zero-order chi connectivity index (χ0) is 30.1. The quantitative estimate of drug-likeness (QED) is 0.142. The summed E-state index contributed by atoms with van der Waals surface area (Å²) in [6.45, 7) is 14.2. The average molecular weight is 566 g/mol. The molecule has 2 heterocycles. The third-order valence-corrected chi connectivity index (χ3v) is 10.3. The van der Waals surface area contributed by atoms with Gasteiger partial charge >= 0.3 is 0 Å². The van der Waals surface area contributed by atoms with Crippen LogP contribution in [0.25, 0.3) is 43.4 Å². The van der Waals surface area contributed by atoms with Gasteiger partial charge < -0.3 is 4.90 Å². The van der Waals surface area contributed by atoms with Crippen LogP contribution in [-0.2, 0) is 10.8 Å². The summed E-state index contributed by atoms with van der Waals surface area (Å²) in [7, 11) is 0. The zero-order valence-electron chi connectivity index (χ0n) is 26.4. The largest absolute Gasteiger partial charge is 0.311 e. The summed E-state index contributed by atoms with van der Waals surface area (Å²) in [4.78, 5) is 2.54. The molecule has 2 aliphatic heterocycles. The number of hydrogen-bond acceptors (Lipinski definition) is 1. The summed E-state index contributed by atoms with van der Waals surface area (Å²) in [6.07, 6.45) is 0. The molecule has 7 aromatic rings. The molecule has 0 saturated heterocycles. The predicted molar refractivity (Wildman–Crippen MR) is 192 cm³/mol. The first kappa shape index (κ1) is 25.9. The monoisotopic (exact) mass is 565 g/mol. The fourth-order valence-electron chi connectivity index (χ4n) is 8.01. The molecule has 0 N–H and O–H groups in total. The third kappa shape index (κ3) is 3.49. The van der Waals surface area contributed by atoms with Gasteiger partial charge in [-0.1, -0.05) is 132 Å². The highest BCUT2D eigenvalue weighted by Gasteiger charge is 2.43. The topological polar surface area (TPSA) is 3.24 Å². The lowest BCUT2D eigenvalue weighted by atomic mass is 9.36. The second-order valence-electron chi connectivity index (χ2n) is 15.1. The van der Waals surface area contributed by atoms with Crippen LogP contribution in [0.3, 0.4) is 0 Å². The number of nitrogens with zero attached hydrogens (tertiary/aromatic N) is 1. The van der Waals surface area contributed by atoms with Gasteiger partial charge in [-0.05, 0) is 101 Å². The first-order valence-corrected chi connectivity index (χ1v) is 16.0. The van der Waals surface area contributed by atoms with Crippen LogP contribution in [0.5, 0.6) is 0 Å². The number of anilines is 3. The highest BCUT2D eigenvalue weighted by atomic mass is 15.2. The van der Waals surface area contributed by atoms with E-state index in [-0.39, 0.29) is 17.5 Å². The maximum atomic E-state index is 2.54. The van der Waals surface area contributed by atoms with Crippen LogP contribution in [0.15, 0.2) is 109 Å². The Morgan fingerprint density at radius 1 is 0.477 bits per heavy atom. The van der Waals surface area contributed by atoms with Crippen LogP contribution in [0.4, 0.5) is 17.1 Å². The van der Waals surface area contributed by atoms with Gasteiger partial charge in [0.2, 0.25) is 6.71 Å². The molecule has 0 radical (unpaired) electrons. The van der Waals surface area contributed by atoms with Gasteiger partial charge in [0.25, 0.3) is 0 Å². The summed E-state index contributed by atoms with van der Waals surface area (Å²) in [5.41, 5.74) is 13.8. The van der Waals surface area contributed by atoms with E-state index < -0.39 is 0 Å². The van der Waals surface area contributed by atoms with Crippen LogP contribution >= 0.6 is 0 Å². The van der Waals surface area contributed by atoms with Crippen molar-refractivity contribution in [1.29, 1.82) is 0 Å². The van der Waals surface area contributed by atoms with Crippen molar-refractivity contribution in [1.82, 2.24) is 0 Å². The van der Waals surface area contributed by atoms with Crippen LogP contribution in [0.1, 0.15) is 52.7 Å². The Hall–Kier alpha value is -4.56. The molecule has 0 atom stereocenters. The number of benzene rings is 7. The fraction of sp³-hybridized carbons (Fsp3) is 0.190. The fourth-order valence-corrected chi connectivity index (χ4v) is 8.01. The molecule has 212 valence electrons. The Labute approximate surface area is 260 Å². The zero-order valence-corrected chi connectivity index (χ0v) is 26.4. The predicted octanol–water partition coefficient (Wildman–Crippen LogP) is 9.46. The summed E-state index contributed by atoms with van der Waals surface area (Å²) in [5, 5.41) is 7.94. The van der Waals surface area contributed by atoms with Crippen LogP contribution in [0.2, 0.25) is 0 Å². The molecule has 0 fully saturated rings. The molecule has 0 spiro atoms.